The Morgan fingerprint density at radius 1 is 0.500 bits per heavy atom. The summed E-state index contributed by atoms with van der Waals surface area (Å²) >= 11 is 4.64. The van der Waals surface area contributed by atoms with E-state index in [2.05, 4.69) is 11.6 Å². The number of Topliss-reactive ketones (excluding diaryl/α,β-unsaturated/α-hetero) is 2. The van der Waals surface area contributed by atoms with Crippen LogP contribution in [0.25, 0.3) is 0 Å². The Bertz CT molecular complexity index is 450. The van der Waals surface area contributed by atoms with Crippen LogP contribution in [0.4, 0.5) is 0 Å². The zero-order valence-electron chi connectivity index (χ0n) is 17.4. The van der Waals surface area contributed by atoms with Crippen LogP contribution in [0.5, 0.6) is 0 Å². The Kier molecular flexibility index (Phi) is 34.0. The minimum atomic E-state index is -0.833. The fourth-order valence-corrected chi connectivity index (χ4v) is 0.770. The molecule has 1 N–H and O–H groups in total. The lowest BCUT2D eigenvalue weighted by atomic mass is 10.4. The second-order valence-electron chi connectivity index (χ2n) is 5.12. The fraction of sp³-hybridized carbons (Fsp3) is 0.273. The fourth-order valence-electron chi connectivity index (χ4n) is 0.770. The Hall–Kier alpha value is -2.79. The third kappa shape index (κ3) is 135. The SMILES string of the molecule is CC(=O)Cl.CC(=O)O.CC(C)=O.CC(C)=O.c1ccccc1.c1ccccc1. The summed E-state index contributed by atoms with van der Waals surface area (Å²) < 4.78 is 0. The highest BCUT2D eigenvalue weighted by atomic mass is 35.5. The molecule has 0 saturated heterocycles. The quantitative estimate of drug-likeness (QED) is 0.585. The van der Waals surface area contributed by atoms with E-state index >= 15 is 0 Å². The largest absolute Gasteiger partial charge is 0.481 e. The molecule has 0 fully saturated rings. The summed E-state index contributed by atoms with van der Waals surface area (Å²) in [4.78, 5) is 37.1. The molecular weight excluding hydrogens is 380 g/mol. The molecule has 2 aromatic rings. The molecule has 0 aromatic heterocycles. The maximum atomic E-state index is 9.44. The first-order valence-electron chi connectivity index (χ1n) is 8.23. The highest BCUT2D eigenvalue weighted by molar-refractivity contribution is 6.62. The maximum absolute atomic E-state index is 9.44. The number of carboxylic acids is 1. The van der Waals surface area contributed by atoms with Crippen molar-refractivity contribution < 1.29 is 24.3 Å². The van der Waals surface area contributed by atoms with Gasteiger partial charge >= 0.3 is 0 Å². The molecule has 2 aromatic carbocycles. The van der Waals surface area contributed by atoms with Gasteiger partial charge in [-0.3, -0.25) is 9.59 Å². The topological polar surface area (TPSA) is 88.5 Å². The smallest absolute Gasteiger partial charge is 0.300 e. The summed E-state index contributed by atoms with van der Waals surface area (Å²) in [5, 5.41) is 7.06. The van der Waals surface area contributed by atoms with Gasteiger partial charge in [0.1, 0.15) is 11.6 Å². The third-order valence-electron chi connectivity index (χ3n) is 1.33. The van der Waals surface area contributed by atoms with Crippen molar-refractivity contribution in [3.63, 3.8) is 0 Å². The van der Waals surface area contributed by atoms with Crippen molar-refractivity contribution in [1.29, 1.82) is 0 Å². The molecule has 156 valence electrons. The number of carboxylic acid groups (broad SMARTS) is 1. The summed E-state index contributed by atoms with van der Waals surface area (Å²) in [6, 6.07) is 24.0. The number of ketones is 2. The van der Waals surface area contributed by atoms with Crippen LogP contribution in [-0.4, -0.2) is 27.9 Å². The van der Waals surface area contributed by atoms with E-state index in [1.54, 1.807) is 0 Å². The second-order valence-corrected chi connectivity index (χ2v) is 5.65. The highest BCUT2D eigenvalue weighted by Crippen LogP contribution is 1.80. The predicted octanol–water partition coefficient (Wildman–Crippen LogP) is 5.43. The van der Waals surface area contributed by atoms with Gasteiger partial charge in [-0.1, -0.05) is 72.8 Å². The minimum Gasteiger partial charge on any atom is -0.481 e. The van der Waals surface area contributed by atoms with E-state index in [4.69, 9.17) is 9.90 Å². The monoisotopic (exact) mass is 410 g/mol. The third-order valence-corrected chi connectivity index (χ3v) is 1.33. The van der Waals surface area contributed by atoms with Gasteiger partial charge in [0.2, 0.25) is 5.24 Å². The van der Waals surface area contributed by atoms with Gasteiger partial charge in [0.05, 0.1) is 0 Å². The molecule has 0 aliphatic rings. The molecule has 2 rings (SSSR count). The maximum Gasteiger partial charge on any atom is 0.300 e. The molecule has 0 aliphatic heterocycles. The van der Waals surface area contributed by atoms with E-state index in [1.807, 2.05) is 72.8 Å². The van der Waals surface area contributed by atoms with Gasteiger partial charge in [-0.25, -0.2) is 0 Å². The van der Waals surface area contributed by atoms with Gasteiger partial charge in [-0.15, -0.1) is 0 Å². The van der Waals surface area contributed by atoms with Gasteiger partial charge in [0, 0.05) is 13.8 Å². The van der Waals surface area contributed by atoms with Gasteiger partial charge in [0.25, 0.3) is 5.97 Å². The molecule has 0 radical (unpaired) electrons. The zero-order valence-corrected chi connectivity index (χ0v) is 18.1. The number of aliphatic carboxylic acids is 1. The summed E-state index contributed by atoms with van der Waals surface area (Å²) in [6.07, 6.45) is 0. The van der Waals surface area contributed by atoms with Crippen molar-refractivity contribution in [3.8, 4) is 0 Å². The molecule has 0 bridgehead atoms. The van der Waals surface area contributed by atoms with E-state index in [1.165, 1.54) is 34.6 Å². The van der Waals surface area contributed by atoms with Crippen molar-refractivity contribution >= 4 is 34.4 Å². The van der Waals surface area contributed by atoms with Crippen LogP contribution in [0.1, 0.15) is 41.5 Å². The first-order valence-corrected chi connectivity index (χ1v) is 8.61. The lowest BCUT2D eigenvalue weighted by Crippen LogP contribution is -1.78. The van der Waals surface area contributed by atoms with Gasteiger partial charge in [-0.2, -0.15) is 0 Å². The normalized spacial score (nSPS) is 7.11. The van der Waals surface area contributed by atoms with Crippen LogP contribution in [-0.2, 0) is 19.2 Å². The minimum absolute atomic E-state index is 0.167. The summed E-state index contributed by atoms with van der Waals surface area (Å²) in [5.74, 6) is -0.500. The molecule has 28 heavy (non-hydrogen) atoms. The lowest BCUT2D eigenvalue weighted by molar-refractivity contribution is -0.134. The molecule has 0 heterocycles. The molecule has 5 nitrogen and oxygen atoms in total. The van der Waals surface area contributed by atoms with Crippen molar-refractivity contribution in [2.45, 2.75) is 41.5 Å². The Labute approximate surface area is 173 Å². The predicted molar refractivity (Wildman–Crippen MR) is 115 cm³/mol. The number of hydrogen-bond acceptors (Lipinski definition) is 4. The van der Waals surface area contributed by atoms with E-state index in [9.17, 15) is 14.4 Å². The lowest BCUT2D eigenvalue weighted by Gasteiger charge is -1.69. The van der Waals surface area contributed by atoms with Crippen LogP contribution in [0.2, 0.25) is 0 Å². The van der Waals surface area contributed by atoms with Crippen molar-refractivity contribution in [2.75, 3.05) is 0 Å². The molecule has 0 aliphatic carbocycles. The van der Waals surface area contributed by atoms with Crippen LogP contribution in [0.3, 0.4) is 0 Å². The summed E-state index contributed by atoms with van der Waals surface area (Å²) in [7, 11) is 0. The molecular formula is C22H31ClO5. The van der Waals surface area contributed by atoms with Crippen molar-refractivity contribution in [1.82, 2.24) is 0 Å². The standard InChI is InChI=1S/2C6H6.2C3H6O.C2H3ClO.C2H4O2/c2*1-2-4-6-5-3-1;2*1-3(2)4;2*1-2(3)4/h2*1-6H;2*1-2H3;1H3;1H3,(H,3,4). The zero-order chi connectivity index (χ0) is 22.8. The number of rotatable bonds is 0. The number of halogens is 1. The van der Waals surface area contributed by atoms with Gasteiger partial charge in [0.15, 0.2) is 0 Å². The van der Waals surface area contributed by atoms with E-state index in [0.29, 0.717) is 0 Å². The van der Waals surface area contributed by atoms with E-state index < -0.39 is 5.97 Å². The number of benzene rings is 2. The average Bonchev–Trinajstić information content (AvgIpc) is 2.56. The Morgan fingerprint density at radius 2 is 0.536 bits per heavy atom. The molecule has 0 amide bonds. The second kappa shape index (κ2) is 29.0. The average molecular weight is 411 g/mol. The van der Waals surface area contributed by atoms with Crippen LogP contribution >= 0.6 is 11.6 Å². The number of carbonyl (C=O) groups excluding carboxylic acids is 3. The Balaban J connectivity index is -0.000000125. The summed E-state index contributed by atoms with van der Waals surface area (Å²) in [6.45, 7) is 8.49. The number of hydrogen-bond donors (Lipinski definition) is 1. The van der Waals surface area contributed by atoms with Crippen LogP contribution in [0, 0.1) is 0 Å². The molecule has 0 unspecified atom stereocenters. The van der Waals surface area contributed by atoms with E-state index in [0.717, 1.165) is 6.92 Å². The van der Waals surface area contributed by atoms with Crippen LogP contribution in [0.15, 0.2) is 72.8 Å². The Morgan fingerprint density at radius 3 is 0.571 bits per heavy atom. The number of carbonyl (C=O) groups is 4. The van der Waals surface area contributed by atoms with Gasteiger partial charge in [-0.05, 0) is 39.3 Å². The first kappa shape index (κ1) is 32.8. The van der Waals surface area contributed by atoms with E-state index in [-0.39, 0.29) is 16.8 Å². The molecule has 0 saturated carbocycles. The van der Waals surface area contributed by atoms with Crippen LogP contribution < -0.4 is 0 Å². The van der Waals surface area contributed by atoms with Crippen molar-refractivity contribution in [2.24, 2.45) is 0 Å². The summed E-state index contributed by atoms with van der Waals surface area (Å²) in [5.41, 5.74) is 0. The first-order chi connectivity index (χ1) is 12.9. The molecule has 6 heteroatoms. The van der Waals surface area contributed by atoms with Gasteiger partial charge < -0.3 is 14.7 Å². The molecule has 0 spiro atoms. The van der Waals surface area contributed by atoms with Crippen molar-refractivity contribution in [3.05, 3.63) is 72.8 Å². The highest BCUT2D eigenvalue weighted by Gasteiger charge is 1.67. The molecule has 0 atom stereocenters.